The van der Waals surface area contributed by atoms with Gasteiger partial charge in [0.1, 0.15) is 5.75 Å². The van der Waals surface area contributed by atoms with Crippen LogP contribution in [0.2, 0.25) is 5.02 Å². The molecule has 24 heavy (non-hydrogen) atoms. The maximum absolute atomic E-state index is 12.3. The molecule has 1 heterocycles. The number of nitrogens with zero attached hydrogens (tertiary/aromatic N) is 2. The molecule has 0 unspecified atom stereocenters. The number of amides is 1. The third-order valence-corrected chi connectivity index (χ3v) is 4.18. The number of methoxy groups -OCH3 is 1. The van der Waals surface area contributed by atoms with Crippen LogP contribution in [-0.4, -0.2) is 29.1 Å². The molecule has 1 aromatic heterocycles. The van der Waals surface area contributed by atoms with Gasteiger partial charge in [0, 0.05) is 30.1 Å². The lowest BCUT2D eigenvalue weighted by Crippen LogP contribution is -2.31. The fraction of sp³-hybridized carbons (Fsp3) is 0.353. The predicted molar refractivity (Wildman–Crippen MR) is 90.8 cm³/mol. The summed E-state index contributed by atoms with van der Waals surface area (Å²) in [6.07, 6.45) is 3.75. The SMILES string of the molecule is COc1ccc(Cl)cc1C(=O)NCCn1cnc(C2CC2)cc1=O. The molecule has 0 atom stereocenters. The molecule has 1 fully saturated rings. The van der Waals surface area contributed by atoms with E-state index in [0.717, 1.165) is 18.5 Å². The van der Waals surface area contributed by atoms with Crippen molar-refractivity contribution in [2.75, 3.05) is 13.7 Å². The van der Waals surface area contributed by atoms with Gasteiger partial charge in [-0.2, -0.15) is 0 Å². The minimum Gasteiger partial charge on any atom is -0.496 e. The van der Waals surface area contributed by atoms with Crippen molar-refractivity contribution in [1.29, 1.82) is 0 Å². The number of rotatable bonds is 6. The predicted octanol–water partition coefficient (Wildman–Crippen LogP) is 2.21. The van der Waals surface area contributed by atoms with E-state index in [0.29, 0.717) is 35.3 Å². The first-order valence-electron chi connectivity index (χ1n) is 7.76. The zero-order valence-electron chi connectivity index (χ0n) is 13.3. The molecule has 1 aromatic carbocycles. The number of aromatic nitrogens is 2. The number of nitrogens with one attached hydrogen (secondary N) is 1. The Labute approximate surface area is 144 Å². The normalized spacial score (nSPS) is 13.6. The van der Waals surface area contributed by atoms with Crippen LogP contribution in [0.1, 0.15) is 34.8 Å². The van der Waals surface area contributed by atoms with Gasteiger partial charge in [0.25, 0.3) is 11.5 Å². The summed E-state index contributed by atoms with van der Waals surface area (Å²) in [5.74, 6) is 0.594. The van der Waals surface area contributed by atoms with E-state index in [2.05, 4.69) is 10.3 Å². The molecule has 0 spiro atoms. The van der Waals surface area contributed by atoms with Crippen LogP contribution < -0.4 is 15.6 Å². The van der Waals surface area contributed by atoms with Gasteiger partial charge in [-0.25, -0.2) is 4.98 Å². The van der Waals surface area contributed by atoms with Crippen molar-refractivity contribution in [2.45, 2.75) is 25.3 Å². The maximum atomic E-state index is 12.3. The topological polar surface area (TPSA) is 73.2 Å². The third-order valence-electron chi connectivity index (χ3n) is 3.94. The first kappa shape index (κ1) is 16.5. The zero-order valence-corrected chi connectivity index (χ0v) is 14.0. The van der Waals surface area contributed by atoms with Crippen molar-refractivity contribution in [3.05, 3.63) is 57.2 Å². The first-order valence-corrected chi connectivity index (χ1v) is 8.14. The van der Waals surface area contributed by atoms with Crippen LogP contribution in [0.3, 0.4) is 0 Å². The Kier molecular flexibility index (Phi) is 4.85. The zero-order chi connectivity index (χ0) is 17.1. The summed E-state index contributed by atoms with van der Waals surface area (Å²) < 4.78 is 6.65. The number of halogens is 1. The first-order chi connectivity index (χ1) is 11.6. The van der Waals surface area contributed by atoms with Crippen molar-refractivity contribution in [3.8, 4) is 5.75 Å². The van der Waals surface area contributed by atoms with Gasteiger partial charge in [-0.1, -0.05) is 11.6 Å². The maximum Gasteiger partial charge on any atom is 0.255 e. The van der Waals surface area contributed by atoms with Crippen LogP contribution in [0.5, 0.6) is 5.75 Å². The van der Waals surface area contributed by atoms with Crippen molar-refractivity contribution in [3.63, 3.8) is 0 Å². The third kappa shape index (κ3) is 3.76. The van der Waals surface area contributed by atoms with Crippen LogP contribution >= 0.6 is 11.6 Å². The Hall–Kier alpha value is -2.34. The highest BCUT2D eigenvalue weighted by Gasteiger charge is 2.25. The van der Waals surface area contributed by atoms with E-state index in [1.807, 2.05) is 0 Å². The Bertz CT molecular complexity index is 815. The summed E-state index contributed by atoms with van der Waals surface area (Å²) in [7, 11) is 1.49. The molecule has 2 aromatic rings. The largest absolute Gasteiger partial charge is 0.496 e. The van der Waals surface area contributed by atoms with Gasteiger partial charge in [0.15, 0.2) is 0 Å². The fourth-order valence-corrected chi connectivity index (χ4v) is 2.63. The molecule has 1 aliphatic rings. The molecule has 0 radical (unpaired) electrons. The molecule has 7 heteroatoms. The Morgan fingerprint density at radius 3 is 2.88 bits per heavy atom. The van der Waals surface area contributed by atoms with Gasteiger partial charge in [-0.05, 0) is 31.0 Å². The van der Waals surface area contributed by atoms with Crippen LogP contribution in [-0.2, 0) is 6.54 Å². The molecule has 1 saturated carbocycles. The molecular weight excluding hydrogens is 330 g/mol. The second kappa shape index (κ2) is 7.05. The lowest BCUT2D eigenvalue weighted by Gasteiger charge is -2.10. The van der Waals surface area contributed by atoms with Gasteiger partial charge in [0.05, 0.1) is 24.7 Å². The number of hydrogen-bond acceptors (Lipinski definition) is 4. The highest BCUT2D eigenvalue weighted by Crippen LogP contribution is 2.38. The summed E-state index contributed by atoms with van der Waals surface area (Å²) in [5.41, 5.74) is 1.13. The molecule has 1 amide bonds. The second-order valence-corrected chi connectivity index (χ2v) is 6.16. The number of ether oxygens (including phenoxy) is 1. The smallest absolute Gasteiger partial charge is 0.255 e. The number of carbonyl (C=O) groups is 1. The summed E-state index contributed by atoms with van der Waals surface area (Å²) >= 11 is 5.92. The van der Waals surface area contributed by atoms with Gasteiger partial charge >= 0.3 is 0 Å². The minimum atomic E-state index is -0.301. The molecule has 1 aliphatic carbocycles. The lowest BCUT2D eigenvalue weighted by molar-refractivity contribution is 0.0949. The van der Waals surface area contributed by atoms with E-state index >= 15 is 0 Å². The highest BCUT2D eigenvalue weighted by atomic mass is 35.5. The average molecular weight is 348 g/mol. The summed E-state index contributed by atoms with van der Waals surface area (Å²) in [5, 5.41) is 3.22. The van der Waals surface area contributed by atoms with Crippen LogP contribution in [0.25, 0.3) is 0 Å². The molecule has 6 nitrogen and oxygen atoms in total. The van der Waals surface area contributed by atoms with Crippen molar-refractivity contribution in [1.82, 2.24) is 14.9 Å². The van der Waals surface area contributed by atoms with E-state index in [-0.39, 0.29) is 11.5 Å². The Morgan fingerprint density at radius 2 is 2.21 bits per heavy atom. The molecule has 0 saturated heterocycles. The quantitative estimate of drug-likeness (QED) is 0.869. The molecule has 0 bridgehead atoms. The van der Waals surface area contributed by atoms with Gasteiger partial charge in [0.2, 0.25) is 0 Å². The summed E-state index contributed by atoms with van der Waals surface area (Å²) in [4.78, 5) is 28.6. The Balaban J connectivity index is 1.61. The molecule has 3 rings (SSSR count). The second-order valence-electron chi connectivity index (χ2n) is 5.72. The number of hydrogen-bond donors (Lipinski definition) is 1. The molecular formula is C17H18ClN3O3. The van der Waals surface area contributed by atoms with Crippen molar-refractivity contribution in [2.24, 2.45) is 0 Å². The molecule has 126 valence electrons. The van der Waals surface area contributed by atoms with E-state index < -0.39 is 0 Å². The fourth-order valence-electron chi connectivity index (χ4n) is 2.45. The monoisotopic (exact) mass is 347 g/mol. The van der Waals surface area contributed by atoms with E-state index in [1.165, 1.54) is 11.7 Å². The lowest BCUT2D eigenvalue weighted by atomic mass is 10.2. The Morgan fingerprint density at radius 1 is 1.42 bits per heavy atom. The van der Waals surface area contributed by atoms with E-state index in [4.69, 9.17) is 16.3 Å². The molecule has 1 N–H and O–H groups in total. The minimum absolute atomic E-state index is 0.0958. The standard InChI is InChI=1S/C17H18ClN3O3/c1-24-15-5-4-12(18)8-13(15)17(23)19-6-7-21-10-20-14(9-16(21)22)11-2-3-11/h4-5,8-11H,2-3,6-7H2,1H3,(H,19,23). The van der Waals surface area contributed by atoms with Gasteiger partial charge in [-0.3, -0.25) is 14.2 Å². The van der Waals surface area contributed by atoms with E-state index in [9.17, 15) is 9.59 Å². The van der Waals surface area contributed by atoms with E-state index in [1.54, 1.807) is 30.6 Å². The highest BCUT2D eigenvalue weighted by molar-refractivity contribution is 6.31. The number of benzene rings is 1. The van der Waals surface area contributed by atoms with Crippen LogP contribution in [0.15, 0.2) is 35.4 Å². The molecule has 0 aliphatic heterocycles. The summed E-state index contributed by atoms with van der Waals surface area (Å²) in [6.45, 7) is 0.657. The van der Waals surface area contributed by atoms with Crippen molar-refractivity contribution < 1.29 is 9.53 Å². The van der Waals surface area contributed by atoms with Crippen LogP contribution in [0, 0.1) is 0 Å². The summed E-state index contributed by atoms with van der Waals surface area (Å²) in [6, 6.07) is 6.43. The van der Waals surface area contributed by atoms with Gasteiger partial charge in [-0.15, -0.1) is 0 Å². The van der Waals surface area contributed by atoms with Crippen LogP contribution in [0.4, 0.5) is 0 Å². The number of carbonyl (C=O) groups excluding carboxylic acids is 1. The average Bonchev–Trinajstić information content (AvgIpc) is 3.41. The van der Waals surface area contributed by atoms with Gasteiger partial charge < -0.3 is 10.1 Å². The van der Waals surface area contributed by atoms with Crippen molar-refractivity contribution >= 4 is 17.5 Å².